The highest BCUT2D eigenvalue weighted by Gasteiger charge is 2.43. The Balaban J connectivity index is 2.06. The average Bonchev–Trinajstić information content (AvgIpc) is 2.56. The molecule has 137 valence electrons. The van der Waals surface area contributed by atoms with Gasteiger partial charge in [-0.3, -0.25) is 0 Å². The number of ether oxygens (including phenoxy) is 1. The summed E-state index contributed by atoms with van der Waals surface area (Å²) in [5, 5.41) is 38.5. The first-order chi connectivity index (χ1) is 11.1. The summed E-state index contributed by atoms with van der Waals surface area (Å²) in [4.78, 5) is 0. The van der Waals surface area contributed by atoms with E-state index in [1.807, 2.05) is 0 Å². The Bertz CT molecular complexity index is 285. The smallest absolute Gasteiger partial charge is 0.129 e. The fourth-order valence-electron chi connectivity index (χ4n) is 3.07. The van der Waals surface area contributed by atoms with Gasteiger partial charge >= 0.3 is 0 Å². The largest absolute Gasteiger partial charge is 0.394 e. The maximum absolute atomic E-state index is 9.91. The number of aliphatic hydroxyl groups excluding tert-OH is 4. The zero-order valence-corrected chi connectivity index (χ0v) is 14.5. The fraction of sp³-hybridized carbons (Fsp3) is 0.944. The summed E-state index contributed by atoms with van der Waals surface area (Å²) in [6.45, 7) is 1.86. The van der Waals surface area contributed by atoms with Crippen LogP contribution >= 0.6 is 0 Å². The molecule has 0 aromatic heterocycles. The van der Waals surface area contributed by atoms with Crippen molar-refractivity contribution in [1.29, 1.82) is 0 Å². The van der Waals surface area contributed by atoms with Gasteiger partial charge in [0.05, 0.1) is 6.61 Å². The van der Waals surface area contributed by atoms with Crippen molar-refractivity contribution in [3.63, 3.8) is 0 Å². The minimum Gasteiger partial charge on any atom is -0.394 e. The SMILES string of the molecule is CCCCCCCCCCCC[C]1O[C@H](CO)[C@@H](O)[C@H](O)[C@H]1O. The molecule has 1 fully saturated rings. The van der Waals surface area contributed by atoms with Crippen LogP contribution in [0.2, 0.25) is 0 Å². The molecule has 0 amide bonds. The van der Waals surface area contributed by atoms with E-state index in [0.717, 1.165) is 12.8 Å². The van der Waals surface area contributed by atoms with E-state index in [2.05, 4.69) is 6.92 Å². The van der Waals surface area contributed by atoms with Gasteiger partial charge in [-0.1, -0.05) is 71.1 Å². The quantitative estimate of drug-likeness (QED) is 0.412. The Morgan fingerprint density at radius 2 is 1.30 bits per heavy atom. The molecule has 0 saturated carbocycles. The molecule has 1 heterocycles. The lowest BCUT2D eigenvalue weighted by atomic mass is 9.92. The summed E-state index contributed by atoms with van der Waals surface area (Å²) in [6.07, 6.45) is 8.74. The first-order valence-electron chi connectivity index (χ1n) is 9.29. The highest BCUT2D eigenvalue weighted by atomic mass is 16.5. The Morgan fingerprint density at radius 3 is 1.83 bits per heavy atom. The van der Waals surface area contributed by atoms with E-state index in [1.54, 1.807) is 0 Å². The van der Waals surface area contributed by atoms with Crippen LogP contribution in [0.15, 0.2) is 0 Å². The van der Waals surface area contributed by atoms with Gasteiger partial charge in [-0.05, 0) is 6.42 Å². The normalized spacial score (nSPS) is 29.1. The first kappa shape index (κ1) is 20.8. The molecule has 1 aliphatic rings. The van der Waals surface area contributed by atoms with Gasteiger partial charge in [0, 0.05) is 0 Å². The topological polar surface area (TPSA) is 90.2 Å². The number of aliphatic hydroxyl groups is 4. The highest BCUT2D eigenvalue weighted by molar-refractivity contribution is 5.01. The molecule has 1 aliphatic heterocycles. The van der Waals surface area contributed by atoms with E-state index >= 15 is 0 Å². The molecule has 0 aromatic carbocycles. The van der Waals surface area contributed by atoms with Crippen LogP contribution in [0.1, 0.15) is 77.6 Å². The fourth-order valence-corrected chi connectivity index (χ4v) is 3.07. The Hall–Kier alpha value is -0.200. The molecule has 1 saturated heterocycles. The van der Waals surface area contributed by atoms with Gasteiger partial charge in [0.15, 0.2) is 0 Å². The zero-order chi connectivity index (χ0) is 17.1. The molecule has 0 unspecified atom stereocenters. The number of rotatable bonds is 12. The number of unbranched alkanes of at least 4 members (excludes halogenated alkanes) is 9. The van der Waals surface area contributed by atoms with Gasteiger partial charge in [-0.15, -0.1) is 0 Å². The predicted molar refractivity (Wildman–Crippen MR) is 89.7 cm³/mol. The van der Waals surface area contributed by atoms with Crippen molar-refractivity contribution >= 4 is 0 Å². The van der Waals surface area contributed by atoms with Gasteiger partial charge < -0.3 is 25.2 Å². The third-order valence-corrected chi connectivity index (χ3v) is 4.64. The van der Waals surface area contributed by atoms with Crippen LogP contribution in [-0.4, -0.2) is 51.4 Å². The second kappa shape index (κ2) is 12.2. The summed E-state index contributed by atoms with van der Waals surface area (Å²) < 4.78 is 5.42. The van der Waals surface area contributed by atoms with Gasteiger partial charge in [0.2, 0.25) is 0 Å². The highest BCUT2D eigenvalue weighted by Crippen LogP contribution is 2.30. The molecule has 4 atom stereocenters. The van der Waals surface area contributed by atoms with Crippen molar-refractivity contribution in [3.8, 4) is 0 Å². The van der Waals surface area contributed by atoms with Crippen LogP contribution in [0, 0.1) is 6.10 Å². The second-order valence-electron chi connectivity index (χ2n) is 6.66. The maximum Gasteiger partial charge on any atom is 0.129 e. The molecule has 23 heavy (non-hydrogen) atoms. The monoisotopic (exact) mass is 331 g/mol. The lowest BCUT2D eigenvalue weighted by Crippen LogP contribution is -2.55. The van der Waals surface area contributed by atoms with Crippen LogP contribution < -0.4 is 0 Å². The lowest BCUT2D eigenvalue weighted by molar-refractivity contribution is -0.192. The molecule has 5 nitrogen and oxygen atoms in total. The van der Waals surface area contributed by atoms with Gasteiger partial charge in [0.25, 0.3) is 0 Å². The van der Waals surface area contributed by atoms with Crippen molar-refractivity contribution in [2.24, 2.45) is 0 Å². The average molecular weight is 331 g/mol. The molecule has 0 aromatic rings. The number of hydrogen-bond donors (Lipinski definition) is 4. The number of hydrogen-bond acceptors (Lipinski definition) is 5. The zero-order valence-electron chi connectivity index (χ0n) is 14.5. The van der Waals surface area contributed by atoms with Crippen LogP contribution in [0.4, 0.5) is 0 Å². The van der Waals surface area contributed by atoms with Crippen molar-refractivity contribution in [2.75, 3.05) is 6.61 Å². The second-order valence-corrected chi connectivity index (χ2v) is 6.66. The van der Waals surface area contributed by atoms with Crippen LogP contribution in [-0.2, 0) is 4.74 Å². The predicted octanol–water partition coefficient (Wildman–Crippen LogP) is 2.30. The van der Waals surface area contributed by atoms with Crippen LogP contribution in [0.3, 0.4) is 0 Å². The molecule has 4 N–H and O–H groups in total. The Kier molecular flexibility index (Phi) is 11.1. The van der Waals surface area contributed by atoms with Crippen molar-refractivity contribution in [1.82, 2.24) is 0 Å². The maximum atomic E-state index is 9.91. The van der Waals surface area contributed by atoms with Gasteiger partial charge in [0.1, 0.15) is 30.5 Å². The summed E-state index contributed by atoms with van der Waals surface area (Å²) in [7, 11) is 0. The molecule has 5 heteroatoms. The molecular formula is C18H35O5. The minimum atomic E-state index is -1.28. The van der Waals surface area contributed by atoms with E-state index in [9.17, 15) is 15.3 Å². The van der Waals surface area contributed by atoms with E-state index < -0.39 is 24.4 Å². The lowest BCUT2D eigenvalue weighted by Gasteiger charge is -2.39. The van der Waals surface area contributed by atoms with E-state index in [4.69, 9.17) is 9.84 Å². The minimum absolute atomic E-state index is 0.369. The third kappa shape index (κ3) is 7.48. The molecule has 1 rings (SSSR count). The van der Waals surface area contributed by atoms with E-state index in [-0.39, 0.29) is 6.61 Å². The van der Waals surface area contributed by atoms with Crippen LogP contribution in [0.25, 0.3) is 0 Å². The van der Waals surface area contributed by atoms with E-state index in [0.29, 0.717) is 12.5 Å². The van der Waals surface area contributed by atoms with Crippen molar-refractivity contribution < 1.29 is 25.2 Å². The van der Waals surface area contributed by atoms with E-state index in [1.165, 1.54) is 51.4 Å². The Morgan fingerprint density at radius 1 is 0.783 bits per heavy atom. The summed E-state index contributed by atoms with van der Waals surface area (Å²) in [6, 6.07) is 0. The standard InChI is InChI=1S/C18H35O5/c1-2-3-4-5-6-7-8-9-10-11-12-14-16(20)18(22)17(21)15(13-19)23-14/h15-22H,2-13H2,1H3/t15-,16+,17-,18-/m1/s1. The van der Waals surface area contributed by atoms with Gasteiger partial charge in [-0.2, -0.15) is 0 Å². The van der Waals surface area contributed by atoms with Crippen LogP contribution in [0.5, 0.6) is 0 Å². The Labute approximate surface area is 140 Å². The van der Waals surface area contributed by atoms with Gasteiger partial charge in [-0.25, -0.2) is 0 Å². The molecule has 0 aliphatic carbocycles. The van der Waals surface area contributed by atoms with Crippen molar-refractivity contribution in [3.05, 3.63) is 6.10 Å². The third-order valence-electron chi connectivity index (χ3n) is 4.64. The first-order valence-corrected chi connectivity index (χ1v) is 9.29. The molecule has 1 radical (unpaired) electrons. The summed E-state index contributed by atoms with van der Waals surface area (Å²) in [5.74, 6) is 0. The molecule has 0 spiro atoms. The molecule has 0 bridgehead atoms. The van der Waals surface area contributed by atoms with Crippen molar-refractivity contribution in [2.45, 2.75) is 102 Å². The summed E-state index contributed by atoms with van der Waals surface area (Å²) >= 11 is 0. The molecular weight excluding hydrogens is 296 g/mol. The summed E-state index contributed by atoms with van der Waals surface area (Å²) in [5.41, 5.74) is 0.